The molecule has 1 aromatic carbocycles. The molecule has 0 saturated carbocycles. The highest BCUT2D eigenvalue weighted by atomic mass is 16.5. The first-order chi connectivity index (χ1) is 9.50. The van der Waals surface area contributed by atoms with E-state index in [1.54, 1.807) is 0 Å². The molecule has 0 bridgehead atoms. The Morgan fingerprint density at radius 1 is 1.25 bits per heavy atom. The van der Waals surface area contributed by atoms with Gasteiger partial charge in [0.25, 0.3) is 0 Å². The van der Waals surface area contributed by atoms with Gasteiger partial charge in [0.05, 0.1) is 30.1 Å². The number of anilines is 1. The predicted octanol–water partition coefficient (Wildman–Crippen LogP) is 3.65. The summed E-state index contributed by atoms with van der Waals surface area (Å²) in [7, 11) is 1.98. The quantitative estimate of drug-likeness (QED) is 0.859. The second-order valence-electron chi connectivity index (χ2n) is 6.45. The normalized spacial score (nSPS) is 15.2. The Morgan fingerprint density at radius 3 is 2.75 bits per heavy atom. The predicted molar refractivity (Wildman–Crippen MR) is 83.3 cm³/mol. The lowest BCUT2D eigenvalue weighted by Crippen LogP contribution is -2.15. The molecule has 1 aliphatic rings. The Labute approximate surface area is 120 Å². The highest BCUT2D eigenvalue weighted by Crippen LogP contribution is 2.34. The van der Waals surface area contributed by atoms with E-state index in [9.17, 15) is 0 Å². The van der Waals surface area contributed by atoms with Crippen molar-refractivity contribution in [3.63, 3.8) is 0 Å². The number of ether oxygens (including phenoxy) is 1. The minimum Gasteiger partial charge on any atom is -0.387 e. The topological polar surface area (TPSA) is 34.2 Å². The van der Waals surface area contributed by atoms with E-state index in [1.165, 1.54) is 27.9 Å². The monoisotopic (exact) mass is 270 g/mol. The molecular weight excluding hydrogens is 248 g/mol. The third kappa shape index (κ3) is 2.16. The van der Waals surface area contributed by atoms with Crippen LogP contribution >= 0.6 is 0 Å². The van der Waals surface area contributed by atoms with E-state index in [0.29, 0.717) is 6.61 Å². The van der Waals surface area contributed by atoms with Crippen LogP contribution in [0.3, 0.4) is 0 Å². The van der Waals surface area contributed by atoms with E-state index < -0.39 is 0 Å². The lowest BCUT2D eigenvalue weighted by Gasteiger charge is -2.23. The summed E-state index contributed by atoms with van der Waals surface area (Å²) >= 11 is 0. The van der Waals surface area contributed by atoms with Crippen molar-refractivity contribution >= 4 is 16.6 Å². The van der Waals surface area contributed by atoms with Crippen LogP contribution in [0.25, 0.3) is 10.9 Å². The van der Waals surface area contributed by atoms with Gasteiger partial charge in [-0.3, -0.25) is 4.98 Å². The van der Waals surface area contributed by atoms with Gasteiger partial charge < -0.3 is 10.1 Å². The van der Waals surface area contributed by atoms with Gasteiger partial charge in [-0.25, -0.2) is 0 Å². The lowest BCUT2D eigenvalue weighted by molar-refractivity contribution is 0.110. The third-order valence-electron chi connectivity index (χ3n) is 4.02. The molecule has 0 saturated heterocycles. The van der Waals surface area contributed by atoms with Crippen LogP contribution < -0.4 is 5.32 Å². The molecule has 0 fully saturated rings. The van der Waals surface area contributed by atoms with Crippen LogP contribution in [0.5, 0.6) is 0 Å². The average molecular weight is 270 g/mol. The van der Waals surface area contributed by atoms with Crippen molar-refractivity contribution in [3.05, 3.63) is 35.0 Å². The maximum Gasteiger partial charge on any atom is 0.0755 e. The fourth-order valence-electron chi connectivity index (χ4n) is 2.81. The Kier molecular flexibility index (Phi) is 3.17. The minimum absolute atomic E-state index is 0.144. The van der Waals surface area contributed by atoms with Gasteiger partial charge in [-0.2, -0.15) is 0 Å². The summed E-state index contributed by atoms with van der Waals surface area (Å²) in [6, 6.07) is 6.61. The van der Waals surface area contributed by atoms with Crippen LogP contribution in [-0.2, 0) is 23.2 Å². The van der Waals surface area contributed by atoms with E-state index in [-0.39, 0.29) is 5.41 Å². The number of hydrogen-bond donors (Lipinski definition) is 1. The second kappa shape index (κ2) is 4.74. The molecule has 20 heavy (non-hydrogen) atoms. The highest BCUT2D eigenvalue weighted by Gasteiger charge is 2.20. The van der Waals surface area contributed by atoms with E-state index in [0.717, 1.165) is 18.5 Å². The van der Waals surface area contributed by atoms with Crippen molar-refractivity contribution in [2.45, 2.75) is 39.2 Å². The second-order valence-corrected chi connectivity index (χ2v) is 6.45. The molecule has 2 heterocycles. The van der Waals surface area contributed by atoms with Gasteiger partial charge in [-0.15, -0.1) is 0 Å². The fraction of sp³-hybridized carbons (Fsp3) is 0.471. The van der Waals surface area contributed by atoms with Gasteiger partial charge in [0, 0.05) is 24.4 Å². The molecule has 0 spiro atoms. The molecule has 2 aromatic rings. The summed E-state index contributed by atoms with van der Waals surface area (Å²) < 4.78 is 5.60. The van der Waals surface area contributed by atoms with Crippen molar-refractivity contribution in [3.8, 4) is 0 Å². The van der Waals surface area contributed by atoms with Gasteiger partial charge in [0.15, 0.2) is 0 Å². The molecule has 0 atom stereocenters. The first-order valence-corrected chi connectivity index (χ1v) is 7.22. The summed E-state index contributed by atoms with van der Waals surface area (Å²) in [5.74, 6) is 0. The molecule has 3 nitrogen and oxygen atoms in total. The molecule has 106 valence electrons. The van der Waals surface area contributed by atoms with Crippen molar-refractivity contribution in [2.24, 2.45) is 0 Å². The molecule has 1 aliphatic heterocycles. The maximum absolute atomic E-state index is 5.60. The lowest BCUT2D eigenvalue weighted by atomic mass is 9.86. The molecule has 3 heteroatoms. The average Bonchev–Trinajstić information content (AvgIpc) is 2.43. The van der Waals surface area contributed by atoms with E-state index in [4.69, 9.17) is 9.72 Å². The van der Waals surface area contributed by atoms with Crippen LogP contribution in [-0.4, -0.2) is 18.6 Å². The zero-order valence-corrected chi connectivity index (χ0v) is 12.7. The summed E-state index contributed by atoms with van der Waals surface area (Å²) in [4.78, 5) is 4.83. The number of hydrogen-bond acceptors (Lipinski definition) is 3. The minimum atomic E-state index is 0.144. The van der Waals surface area contributed by atoms with Gasteiger partial charge in [-0.1, -0.05) is 26.8 Å². The van der Waals surface area contributed by atoms with Crippen molar-refractivity contribution in [1.29, 1.82) is 0 Å². The molecule has 3 rings (SSSR count). The van der Waals surface area contributed by atoms with Crippen LogP contribution in [0.1, 0.15) is 37.6 Å². The van der Waals surface area contributed by atoms with Gasteiger partial charge in [0.1, 0.15) is 0 Å². The first-order valence-electron chi connectivity index (χ1n) is 7.22. The van der Waals surface area contributed by atoms with Crippen LogP contribution in [0.4, 0.5) is 5.69 Å². The Hall–Kier alpha value is -1.61. The van der Waals surface area contributed by atoms with E-state index >= 15 is 0 Å². The van der Waals surface area contributed by atoms with Gasteiger partial charge in [-0.05, 0) is 23.1 Å². The number of rotatable bonds is 1. The van der Waals surface area contributed by atoms with Gasteiger partial charge in [0.2, 0.25) is 0 Å². The van der Waals surface area contributed by atoms with Crippen LogP contribution in [0.15, 0.2) is 18.2 Å². The number of aromatic nitrogens is 1. The van der Waals surface area contributed by atoms with Crippen molar-refractivity contribution < 1.29 is 4.74 Å². The number of nitrogens with one attached hydrogen (secondary N) is 1. The summed E-state index contributed by atoms with van der Waals surface area (Å²) in [6.07, 6.45) is 0.904. The van der Waals surface area contributed by atoms with Crippen LogP contribution in [0.2, 0.25) is 0 Å². The third-order valence-corrected chi connectivity index (χ3v) is 4.02. The maximum atomic E-state index is 5.60. The number of nitrogens with zero attached hydrogens (tertiary/aromatic N) is 1. The smallest absolute Gasteiger partial charge is 0.0755 e. The summed E-state index contributed by atoms with van der Waals surface area (Å²) in [5, 5.41) is 4.56. The number of benzene rings is 1. The van der Waals surface area contributed by atoms with E-state index in [2.05, 4.69) is 44.3 Å². The Morgan fingerprint density at radius 2 is 2.05 bits per heavy atom. The van der Waals surface area contributed by atoms with Crippen molar-refractivity contribution in [1.82, 2.24) is 4.98 Å². The molecule has 0 radical (unpaired) electrons. The van der Waals surface area contributed by atoms with E-state index in [1.807, 2.05) is 7.05 Å². The van der Waals surface area contributed by atoms with Crippen LogP contribution in [0, 0.1) is 0 Å². The highest BCUT2D eigenvalue weighted by molar-refractivity contribution is 5.94. The standard InChI is InChI=1S/C17H22N2O/c1-17(2,3)11-5-6-14-12(9-11)16(18-4)13-10-20-8-7-15(13)19-14/h5-6,9H,7-8,10H2,1-4H3,(H,18,19). The zero-order valence-electron chi connectivity index (χ0n) is 12.7. The molecule has 0 unspecified atom stereocenters. The van der Waals surface area contributed by atoms with Crippen molar-refractivity contribution in [2.75, 3.05) is 19.0 Å². The fourth-order valence-corrected chi connectivity index (χ4v) is 2.81. The first kappa shape index (κ1) is 13.4. The van der Waals surface area contributed by atoms with Gasteiger partial charge >= 0.3 is 0 Å². The molecule has 0 amide bonds. The molecule has 0 aliphatic carbocycles. The SMILES string of the molecule is CNc1c2c(nc3ccc(C(C)(C)C)cc13)CCOC2. The largest absolute Gasteiger partial charge is 0.387 e. The Bertz CT molecular complexity index is 656. The summed E-state index contributed by atoms with van der Waals surface area (Å²) in [6.45, 7) is 8.15. The summed E-state index contributed by atoms with van der Waals surface area (Å²) in [5.41, 5.74) is 6.12. The number of fused-ring (bicyclic) bond motifs is 2. The number of pyridine rings is 1. The Balaban J connectivity index is 2.28. The molecule has 1 aromatic heterocycles. The zero-order chi connectivity index (χ0) is 14.3. The molecule has 1 N–H and O–H groups in total. The molecular formula is C17H22N2O.